The Labute approximate surface area is 294 Å². The summed E-state index contributed by atoms with van der Waals surface area (Å²) in [5, 5.41) is 0. The first kappa shape index (κ1) is 41.7. The average Bonchev–Trinajstić information content (AvgIpc) is 3.07. The van der Waals surface area contributed by atoms with E-state index >= 15 is 8.42 Å². The molecule has 0 atom stereocenters. The Morgan fingerprint density at radius 1 is 0.609 bits per heavy atom. The van der Waals surface area contributed by atoms with Crippen molar-refractivity contribution in [3.8, 4) is 0 Å². The normalized spacial score (nSPS) is 12.9. The SMILES string of the molecule is CCC[CH2][Sn](/[CH]=[C](/N(Cc1ccccc1)S(=O)(=O)c1ccc(C)cc1)[Sn]([CH2]CCC)([CH2]CCC)[CH2]CCC)([CH2]CCC)[CH2]CCC. The Bertz CT molecular complexity index is 1180. The maximum atomic E-state index is 15.2. The number of rotatable bonds is 25. The molecule has 0 aliphatic carbocycles. The fourth-order valence-electron chi connectivity index (χ4n) is 7.15. The van der Waals surface area contributed by atoms with Crippen molar-refractivity contribution in [3.05, 3.63) is 73.5 Å². The predicted octanol–water partition coefficient (Wildman–Crippen LogP) is 12.8. The summed E-state index contributed by atoms with van der Waals surface area (Å²) in [5.74, 6) is 0. The van der Waals surface area contributed by atoms with Crippen LogP contribution in [-0.2, 0) is 16.6 Å². The molecule has 0 radical (unpaired) electrons. The molecule has 2 aromatic rings. The topological polar surface area (TPSA) is 37.4 Å². The van der Waals surface area contributed by atoms with E-state index in [0.29, 0.717) is 11.4 Å². The molecule has 6 heteroatoms. The zero-order valence-electron chi connectivity index (χ0n) is 30.9. The summed E-state index contributed by atoms with van der Waals surface area (Å²) in [6, 6.07) is 18.2. The first-order valence-corrected chi connectivity index (χ1v) is 35.7. The molecule has 0 aliphatic heterocycles. The number of benzene rings is 2. The summed E-state index contributed by atoms with van der Waals surface area (Å²) in [6.07, 6.45) is 14.8. The molecule has 0 amide bonds. The summed E-state index contributed by atoms with van der Waals surface area (Å²) in [5.41, 5.74) is 2.20. The molecule has 0 saturated carbocycles. The van der Waals surface area contributed by atoms with Crippen LogP contribution in [0, 0.1) is 6.92 Å². The van der Waals surface area contributed by atoms with Crippen LogP contribution in [0.15, 0.2) is 67.3 Å². The Morgan fingerprint density at radius 2 is 1.02 bits per heavy atom. The van der Waals surface area contributed by atoms with Gasteiger partial charge < -0.3 is 0 Å². The second kappa shape index (κ2) is 22.3. The number of unbranched alkanes of at least 4 members (excludes halogenated alkanes) is 6. The number of sulfonamides is 1. The van der Waals surface area contributed by atoms with Gasteiger partial charge in [0.25, 0.3) is 0 Å². The number of nitrogens with zero attached hydrogens (tertiary/aromatic N) is 1. The molecule has 0 aromatic heterocycles. The Kier molecular flexibility index (Phi) is 20.2. The number of hydrogen-bond acceptors (Lipinski definition) is 2. The zero-order chi connectivity index (χ0) is 33.9. The van der Waals surface area contributed by atoms with Gasteiger partial charge in [0.2, 0.25) is 0 Å². The van der Waals surface area contributed by atoms with Gasteiger partial charge in [-0.15, -0.1) is 0 Å². The van der Waals surface area contributed by atoms with Gasteiger partial charge in [-0.3, -0.25) is 0 Å². The quantitative estimate of drug-likeness (QED) is 0.0933. The summed E-state index contributed by atoms with van der Waals surface area (Å²) in [4.78, 5) is 0.457. The second-order valence-electron chi connectivity index (χ2n) is 14.1. The molecule has 260 valence electrons. The fraction of sp³-hybridized carbons (Fsp3) is 0.650. The third-order valence-electron chi connectivity index (χ3n) is 10.1. The van der Waals surface area contributed by atoms with Crippen molar-refractivity contribution in [1.82, 2.24) is 4.31 Å². The standard InChI is InChI=1S/C16H15NO2S.6C4H9.2Sn/c1-3-17(13-15-7-5-4-6-8-15)20(18,19)16-11-9-14(2)10-12-16;6*1-3-4-2;;/h1,4-12H,13H2,2H3;6*1,3-4H2,2H3;;. The van der Waals surface area contributed by atoms with Crippen LogP contribution < -0.4 is 0 Å². The second-order valence-corrected chi connectivity index (χ2v) is 41.9. The van der Waals surface area contributed by atoms with E-state index in [1.54, 1.807) is 0 Å². The summed E-state index contributed by atoms with van der Waals surface area (Å²) < 4.78 is 44.8. The van der Waals surface area contributed by atoms with E-state index in [2.05, 4.69) is 74.2 Å². The van der Waals surface area contributed by atoms with E-state index in [1.807, 2.05) is 37.3 Å². The van der Waals surface area contributed by atoms with Crippen LogP contribution >= 0.6 is 0 Å². The summed E-state index contributed by atoms with van der Waals surface area (Å²) in [7, 11) is -3.76. The van der Waals surface area contributed by atoms with Crippen LogP contribution in [0.4, 0.5) is 0 Å². The van der Waals surface area contributed by atoms with Gasteiger partial charge in [-0.2, -0.15) is 0 Å². The predicted molar refractivity (Wildman–Crippen MR) is 208 cm³/mol. The third kappa shape index (κ3) is 12.8. The molecule has 0 aliphatic rings. The summed E-state index contributed by atoms with van der Waals surface area (Å²) >= 11 is -6.24. The maximum absolute atomic E-state index is 15.2. The van der Waals surface area contributed by atoms with Crippen molar-refractivity contribution in [2.75, 3.05) is 0 Å². The minimum atomic E-state index is -3.76. The third-order valence-corrected chi connectivity index (χ3v) is 44.3. The van der Waals surface area contributed by atoms with E-state index < -0.39 is 46.8 Å². The van der Waals surface area contributed by atoms with Crippen molar-refractivity contribution in [2.24, 2.45) is 0 Å². The molecule has 46 heavy (non-hydrogen) atoms. The van der Waals surface area contributed by atoms with Gasteiger partial charge >= 0.3 is 297 Å². The first-order chi connectivity index (χ1) is 22.2. The molecule has 0 heterocycles. The molecule has 0 saturated heterocycles. The van der Waals surface area contributed by atoms with Crippen molar-refractivity contribution in [1.29, 1.82) is 0 Å². The van der Waals surface area contributed by atoms with Crippen LogP contribution in [0.3, 0.4) is 0 Å². The van der Waals surface area contributed by atoms with Gasteiger partial charge in [-0.05, 0) is 0 Å². The molecule has 3 nitrogen and oxygen atoms in total. The molecule has 0 unspecified atom stereocenters. The van der Waals surface area contributed by atoms with E-state index in [9.17, 15) is 0 Å². The van der Waals surface area contributed by atoms with Crippen LogP contribution in [0.2, 0.25) is 26.6 Å². The molecule has 0 N–H and O–H groups in total. The first-order valence-electron chi connectivity index (χ1n) is 19.0. The zero-order valence-corrected chi connectivity index (χ0v) is 37.4. The van der Waals surface area contributed by atoms with Gasteiger partial charge in [0.15, 0.2) is 0 Å². The van der Waals surface area contributed by atoms with Crippen molar-refractivity contribution >= 4 is 46.8 Å². The Hall–Kier alpha value is -0.473. The van der Waals surface area contributed by atoms with E-state index in [4.69, 9.17) is 0 Å². The van der Waals surface area contributed by atoms with Gasteiger partial charge in [0.1, 0.15) is 0 Å². The number of hydrogen-bond donors (Lipinski definition) is 0. The molecule has 0 spiro atoms. The van der Waals surface area contributed by atoms with Crippen LogP contribution in [0.25, 0.3) is 0 Å². The van der Waals surface area contributed by atoms with Gasteiger partial charge in [-0.25, -0.2) is 0 Å². The fourth-order valence-corrected chi connectivity index (χ4v) is 53.1. The minimum absolute atomic E-state index is 0.448. The Balaban J connectivity index is 3.10. The van der Waals surface area contributed by atoms with Crippen molar-refractivity contribution in [2.45, 2.75) is 164 Å². The molecule has 0 bridgehead atoms. The van der Waals surface area contributed by atoms with Crippen LogP contribution in [-0.4, -0.2) is 49.5 Å². The van der Waals surface area contributed by atoms with Gasteiger partial charge in [0, 0.05) is 0 Å². The van der Waals surface area contributed by atoms with Crippen molar-refractivity contribution < 1.29 is 8.42 Å². The molecular weight excluding hydrogens is 796 g/mol. The number of aryl methyl sites for hydroxylation is 1. The van der Waals surface area contributed by atoms with Gasteiger partial charge in [0.05, 0.1) is 0 Å². The molecule has 2 aromatic carbocycles. The van der Waals surface area contributed by atoms with Crippen LogP contribution in [0.5, 0.6) is 0 Å². The van der Waals surface area contributed by atoms with Crippen molar-refractivity contribution in [3.63, 3.8) is 0 Å². The van der Waals surface area contributed by atoms with Gasteiger partial charge in [-0.1, -0.05) is 0 Å². The van der Waals surface area contributed by atoms with E-state index in [-0.39, 0.29) is 0 Å². The molecule has 2 rings (SSSR count). The van der Waals surface area contributed by atoms with E-state index in [0.717, 1.165) is 11.1 Å². The molecule has 0 fully saturated rings. The Morgan fingerprint density at radius 3 is 1.43 bits per heavy atom. The van der Waals surface area contributed by atoms with E-state index in [1.165, 1.54) is 107 Å². The summed E-state index contributed by atoms with van der Waals surface area (Å²) in [6.45, 7) is 16.5. The van der Waals surface area contributed by atoms with Crippen LogP contribution in [0.1, 0.15) is 130 Å². The monoisotopic (exact) mass is 867 g/mol. The molecular formula is C40H69NO2SSn2. The average molecular weight is 865 g/mol.